The van der Waals surface area contributed by atoms with Crippen molar-refractivity contribution in [1.82, 2.24) is 4.98 Å². The van der Waals surface area contributed by atoms with Gasteiger partial charge in [-0.15, -0.1) is 0 Å². The van der Waals surface area contributed by atoms with E-state index in [9.17, 15) is 4.79 Å². The van der Waals surface area contributed by atoms with Crippen molar-refractivity contribution in [3.8, 4) is 0 Å². The van der Waals surface area contributed by atoms with Crippen molar-refractivity contribution in [2.45, 2.75) is 13.0 Å². The van der Waals surface area contributed by atoms with E-state index in [1.54, 1.807) is 25.3 Å². The Morgan fingerprint density at radius 2 is 2.53 bits per heavy atom. The summed E-state index contributed by atoms with van der Waals surface area (Å²) >= 11 is 0. The summed E-state index contributed by atoms with van der Waals surface area (Å²) < 4.78 is 4.88. The fraction of sp³-hybridized carbons (Fsp3) is 0.400. The summed E-state index contributed by atoms with van der Waals surface area (Å²) in [5.74, 6) is -0.323. The van der Waals surface area contributed by atoms with Crippen LogP contribution in [-0.4, -0.2) is 30.1 Å². The minimum absolute atomic E-state index is 0.322. The average Bonchev–Trinajstić information content (AvgIpc) is 2.29. The molecule has 15 heavy (non-hydrogen) atoms. The molecule has 0 saturated carbocycles. The molecule has 1 aliphatic rings. The highest BCUT2D eigenvalue weighted by Gasteiger charge is 2.19. The van der Waals surface area contributed by atoms with Gasteiger partial charge in [0.2, 0.25) is 0 Å². The van der Waals surface area contributed by atoms with E-state index in [-0.39, 0.29) is 5.97 Å². The zero-order valence-electron chi connectivity index (χ0n) is 8.38. The van der Waals surface area contributed by atoms with Crippen molar-refractivity contribution in [1.29, 1.82) is 0 Å². The summed E-state index contributed by atoms with van der Waals surface area (Å²) in [5.41, 5.74) is 0.595. The number of nitrogens with zero attached hydrogens (tertiary/aromatic N) is 3. The highest BCUT2D eigenvalue weighted by Crippen LogP contribution is 1.96. The first-order valence-electron chi connectivity index (χ1n) is 4.81. The molecule has 0 aromatic carbocycles. The van der Waals surface area contributed by atoms with Crippen molar-refractivity contribution >= 4 is 5.97 Å². The molecule has 1 atom stereocenters. The fourth-order valence-electron chi connectivity index (χ4n) is 1.36. The second-order valence-corrected chi connectivity index (χ2v) is 3.08. The molecule has 0 aliphatic carbocycles. The standard InChI is InChI=1S/C10H11N3O2/c1-2-15-10(14)8-6-12-9-7(13-8)4-3-5-11-9/h3-5,8H,2,6H2,1H3. The molecule has 1 aromatic heterocycles. The van der Waals surface area contributed by atoms with Crippen LogP contribution < -0.4 is 10.8 Å². The highest BCUT2D eigenvalue weighted by atomic mass is 16.5. The number of hydrogen-bond donors (Lipinski definition) is 0. The third kappa shape index (κ3) is 2.01. The first-order valence-corrected chi connectivity index (χ1v) is 4.81. The molecule has 2 heterocycles. The summed E-state index contributed by atoms with van der Waals surface area (Å²) in [6, 6.07) is 3.05. The molecular formula is C10H11N3O2. The number of aromatic nitrogens is 1. The summed E-state index contributed by atoms with van der Waals surface area (Å²) in [5, 5.41) is 0.654. The maximum absolute atomic E-state index is 11.4. The van der Waals surface area contributed by atoms with Crippen molar-refractivity contribution < 1.29 is 9.53 Å². The van der Waals surface area contributed by atoms with E-state index in [0.717, 1.165) is 0 Å². The predicted octanol–water partition coefficient (Wildman–Crippen LogP) is -0.734. The van der Waals surface area contributed by atoms with E-state index < -0.39 is 6.04 Å². The zero-order valence-corrected chi connectivity index (χ0v) is 8.38. The lowest BCUT2D eigenvalue weighted by atomic mass is 10.3. The van der Waals surface area contributed by atoms with Gasteiger partial charge in [0.25, 0.3) is 0 Å². The van der Waals surface area contributed by atoms with Crippen LogP contribution in [0.25, 0.3) is 0 Å². The first-order chi connectivity index (χ1) is 7.31. The normalized spacial score (nSPS) is 18.3. The Bertz CT molecular complexity index is 484. The van der Waals surface area contributed by atoms with Gasteiger partial charge in [0, 0.05) is 6.20 Å². The van der Waals surface area contributed by atoms with E-state index >= 15 is 0 Å². The Labute approximate surface area is 86.5 Å². The number of pyridine rings is 1. The van der Waals surface area contributed by atoms with Crippen LogP contribution in [-0.2, 0) is 9.53 Å². The Hall–Kier alpha value is -1.78. The van der Waals surface area contributed by atoms with Gasteiger partial charge in [-0.3, -0.25) is 9.98 Å². The van der Waals surface area contributed by atoms with Crippen molar-refractivity contribution in [3.05, 3.63) is 29.2 Å². The lowest BCUT2D eigenvalue weighted by Gasteiger charge is -2.10. The van der Waals surface area contributed by atoms with Crippen LogP contribution >= 0.6 is 0 Å². The number of fused-ring (bicyclic) bond motifs is 1. The maximum Gasteiger partial charge on any atom is 0.332 e. The van der Waals surface area contributed by atoms with E-state index in [4.69, 9.17) is 4.74 Å². The number of hydrogen-bond acceptors (Lipinski definition) is 5. The summed E-state index contributed by atoms with van der Waals surface area (Å²) in [4.78, 5) is 23.9. The third-order valence-electron chi connectivity index (χ3n) is 2.03. The molecule has 5 heteroatoms. The van der Waals surface area contributed by atoms with Gasteiger partial charge < -0.3 is 4.74 Å². The molecule has 78 valence electrons. The molecule has 5 nitrogen and oxygen atoms in total. The van der Waals surface area contributed by atoms with Crippen LogP contribution in [0.1, 0.15) is 6.92 Å². The van der Waals surface area contributed by atoms with Crippen LogP contribution in [0.15, 0.2) is 28.3 Å². The Morgan fingerprint density at radius 3 is 3.33 bits per heavy atom. The smallest absolute Gasteiger partial charge is 0.332 e. The minimum atomic E-state index is -0.512. The molecule has 0 N–H and O–H groups in total. The predicted molar refractivity (Wildman–Crippen MR) is 51.8 cm³/mol. The molecule has 1 aliphatic heterocycles. The summed E-state index contributed by atoms with van der Waals surface area (Å²) in [6.07, 6.45) is 1.66. The van der Waals surface area contributed by atoms with Gasteiger partial charge >= 0.3 is 5.97 Å². The van der Waals surface area contributed by atoms with Gasteiger partial charge in [-0.2, -0.15) is 0 Å². The quantitative estimate of drug-likeness (QED) is 0.598. The van der Waals surface area contributed by atoms with E-state index in [1.165, 1.54) is 0 Å². The Balaban J connectivity index is 2.30. The molecule has 1 unspecified atom stereocenters. The maximum atomic E-state index is 11.4. The molecule has 0 radical (unpaired) electrons. The number of esters is 1. The van der Waals surface area contributed by atoms with E-state index in [2.05, 4.69) is 15.0 Å². The molecule has 0 saturated heterocycles. The second-order valence-electron chi connectivity index (χ2n) is 3.08. The molecule has 0 fully saturated rings. The Morgan fingerprint density at radius 1 is 1.67 bits per heavy atom. The summed E-state index contributed by atoms with van der Waals surface area (Å²) in [6.45, 7) is 2.46. The van der Waals surface area contributed by atoms with E-state index in [1.807, 2.05) is 0 Å². The largest absolute Gasteiger partial charge is 0.464 e. The van der Waals surface area contributed by atoms with Crippen molar-refractivity contribution in [2.24, 2.45) is 9.98 Å². The minimum Gasteiger partial charge on any atom is -0.464 e. The highest BCUT2D eigenvalue weighted by molar-refractivity contribution is 5.76. The molecule has 1 aromatic rings. The zero-order chi connectivity index (χ0) is 10.7. The van der Waals surface area contributed by atoms with Gasteiger partial charge in [0.15, 0.2) is 11.5 Å². The van der Waals surface area contributed by atoms with E-state index in [0.29, 0.717) is 24.0 Å². The average molecular weight is 205 g/mol. The van der Waals surface area contributed by atoms with Crippen molar-refractivity contribution in [3.63, 3.8) is 0 Å². The first kappa shape index (κ1) is 9.76. The molecule has 0 spiro atoms. The van der Waals surface area contributed by atoms with Crippen LogP contribution in [0, 0.1) is 0 Å². The molecule has 0 amide bonds. The van der Waals surface area contributed by atoms with Gasteiger partial charge in [-0.1, -0.05) is 0 Å². The van der Waals surface area contributed by atoms with Crippen LogP contribution in [0.2, 0.25) is 0 Å². The Kier molecular flexibility index (Phi) is 2.71. The van der Waals surface area contributed by atoms with Crippen molar-refractivity contribution in [2.75, 3.05) is 13.2 Å². The lowest BCUT2D eigenvalue weighted by molar-refractivity contribution is -0.144. The number of ether oxygens (including phenoxy) is 1. The lowest BCUT2D eigenvalue weighted by Crippen LogP contribution is -2.39. The fourth-order valence-corrected chi connectivity index (χ4v) is 1.36. The van der Waals surface area contributed by atoms with Gasteiger partial charge in [0.05, 0.1) is 13.2 Å². The van der Waals surface area contributed by atoms with Gasteiger partial charge in [0.1, 0.15) is 5.36 Å². The number of carbonyl (C=O) groups excluding carboxylic acids is 1. The topological polar surface area (TPSA) is 63.9 Å². The SMILES string of the molecule is CCOC(=O)C1CN=c2ncccc2=N1. The molecular weight excluding hydrogens is 194 g/mol. The van der Waals surface area contributed by atoms with Gasteiger partial charge in [-0.05, 0) is 19.1 Å². The summed E-state index contributed by atoms with van der Waals surface area (Å²) in [7, 11) is 0. The van der Waals surface area contributed by atoms with Crippen LogP contribution in [0.4, 0.5) is 0 Å². The third-order valence-corrected chi connectivity index (χ3v) is 2.03. The van der Waals surface area contributed by atoms with Gasteiger partial charge in [-0.25, -0.2) is 9.78 Å². The van der Waals surface area contributed by atoms with Crippen LogP contribution in [0.3, 0.4) is 0 Å². The molecule has 0 bridgehead atoms. The second kappa shape index (κ2) is 4.16. The molecule has 2 rings (SSSR count). The monoisotopic (exact) mass is 205 g/mol. The number of rotatable bonds is 2. The number of carbonyl (C=O) groups is 1. The van der Waals surface area contributed by atoms with Crippen LogP contribution in [0.5, 0.6) is 0 Å².